The molecule has 0 aliphatic heterocycles. The summed E-state index contributed by atoms with van der Waals surface area (Å²) in [6, 6.07) is 4.41. The first-order valence-corrected chi connectivity index (χ1v) is 5.83. The quantitative estimate of drug-likeness (QED) is 0.813. The Morgan fingerprint density at radius 1 is 1.44 bits per heavy atom. The number of hydrogen-bond acceptors (Lipinski definition) is 2. The molecule has 0 aliphatic rings. The zero-order valence-corrected chi connectivity index (χ0v) is 10.6. The molecule has 5 heteroatoms. The fourth-order valence-corrected chi connectivity index (χ4v) is 1.69. The van der Waals surface area contributed by atoms with Crippen molar-refractivity contribution in [3.63, 3.8) is 0 Å². The molecule has 1 aromatic carbocycles. The van der Waals surface area contributed by atoms with Crippen LogP contribution in [0.2, 0.25) is 0 Å². The molecule has 0 saturated carbocycles. The van der Waals surface area contributed by atoms with E-state index in [9.17, 15) is 9.18 Å². The van der Waals surface area contributed by atoms with Crippen LogP contribution in [-0.2, 0) is 0 Å². The van der Waals surface area contributed by atoms with Crippen LogP contribution in [0.5, 0.6) is 0 Å². The summed E-state index contributed by atoms with van der Waals surface area (Å²) in [5.41, 5.74) is 0.324. The van der Waals surface area contributed by atoms with Crippen molar-refractivity contribution in [2.45, 2.75) is 6.42 Å². The average Bonchev–Trinajstić information content (AvgIpc) is 2.28. The number of amides is 1. The first-order valence-electron chi connectivity index (χ1n) is 5.03. The van der Waals surface area contributed by atoms with Crippen molar-refractivity contribution in [3.05, 3.63) is 34.1 Å². The molecule has 0 spiro atoms. The Bertz CT molecular complexity index is 371. The fraction of sp³-hybridized carbons (Fsp3) is 0.364. The zero-order valence-electron chi connectivity index (χ0n) is 9.02. The molecule has 0 bridgehead atoms. The van der Waals surface area contributed by atoms with Gasteiger partial charge in [-0.05, 0) is 48.1 Å². The van der Waals surface area contributed by atoms with Gasteiger partial charge in [0.2, 0.25) is 0 Å². The summed E-state index contributed by atoms with van der Waals surface area (Å²) >= 11 is 3.06. The van der Waals surface area contributed by atoms with Crippen LogP contribution in [-0.4, -0.2) is 26.0 Å². The second kappa shape index (κ2) is 6.60. The van der Waals surface area contributed by atoms with Gasteiger partial charge in [-0.2, -0.15) is 0 Å². The van der Waals surface area contributed by atoms with E-state index < -0.39 is 5.82 Å². The van der Waals surface area contributed by atoms with E-state index >= 15 is 0 Å². The molecule has 0 aromatic heterocycles. The summed E-state index contributed by atoms with van der Waals surface area (Å²) in [4.78, 5) is 11.7. The van der Waals surface area contributed by atoms with Crippen LogP contribution < -0.4 is 10.6 Å². The lowest BCUT2D eigenvalue weighted by molar-refractivity contribution is 0.0952. The molecule has 0 fully saturated rings. The van der Waals surface area contributed by atoms with Crippen LogP contribution in [0.1, 0.15) is 16.8 Å². The van der Waals surface area contributed by atoms with Gasteiger partial charge in [0, 0.05) is 6.54 Å². The van der Waals surface area contributed by atoms with Crippen LogP contribution in [0.3, 0.4) is 0 Å². The van der Waals surface area contributed by atoms with E-state index in [1.807, 2.05) is 7.05 Å². The van der Waals surface area contributed by atoms with Gasteiger partial charge in [-0.25, -0.2) is 4.39 Å². The Kier molecular flexibility index (Phi) is 5.42. The number of hydrogen-bond donors (Lipinski definition) is 2. The highest BCUT2D eigenvalue weighted by molar-refractivity contribution is 9.10. The monoisotopic (exact) mass is 288 g/mol. The molecule has 0 saturated heterocycles. The van der Waals surface area contributed by atoms with E-state index in [4.69, 9.17) is 0 Å². The molecular weight excluding hydrogens is 275 g/mol. The van der Waals surface area contributed by atoms with Crippen molar-refractivity contribution in [1.29, 1.82) is 0 Å². The predicted octanol–water partition coefficient (Wildman–Crippen LogP) is 1.93. The lowest BCUT2D eigenvalue weighted by Gasteiger charge is -2.07. The SMILES string of the molecule is CNCCCNC(=O)c1cccc(F)c1Br. The molecule has 88 valence electrons. The fourth-order valence-electron chi connectivity index (χ4n) is 1.24. The molecular formula is C11H14BrFN2O. The number of nitrogens with one attached hydrogen (secondary N) is 2. The van der Waals surface area contributed by atoms with Gasteiger partial charge >= 0.3 is 0 Å². The molecule has 1 aromatic rings. The van der Waals surface area contributed by atoms with Gasteiger partial charge in [-0.3, -0.25) is 4.79 Å². The molecule has 1 amide bonds. The molecule has 16 heavy (non-hydrogen) atoms. The third kappa shape index (κ3) is 3.57. The van der Waals surface area contributed by atoms with Gasteiger partial charge in [0.05, 0.1) is 10.0 Å². The van der Waals surface area contributed by atoms with Gasteiger partial charge in [0.1, 0.15) is 5.82 Å². The van der Waals surface area contributed by atoms with Crippen molar-refractivity contribution < 1.29 is 9.18 Å². The molecule has 0 heterocycles. The Balaban J connectivity index is 2.56. The van der Waals surface area contributed by atoms with Crippen LogP contribution in [0.15, 0.2) is 22.7 Å². The number of halogens is 2. The summed E-state index contributed by atoms with van der Waals surface area (Å²) in [6.07, 6.45) is 0.842. The normalized spacial score (nSPS) is 10.2. The molecule has 0 unspecified atom stereocenters. The van der Waals surface area contributed by atoms with E-state index in [-0.39, 0.29) is 10.4 Å². The molecule has 2 N–H and O–H groups in total. The highest BCUT2D eigenvalue weighted by Gasteiger charge is 2.11. The summed E-state index contributed by atoms with van der Waals surface area (Å²) in [6.45, 7) is 1.41. The lowest BCUT2D eigenvalue weighted by atomic mass is 10.2. The lowest BCUT2D eigenvalue weighted by Crippen LogP contribution is -2.27. The minimum absolute atomic E-state index is 0.209. The van der Waals surface area contributed by atoms with Crippen LogP contribution >= 0.6 is 15.9 Å². The number of benzene rings is 1. The third-order valence-corrected chi connectivity index (χ3v) is 2.89. The molecule has 3 nitrogen and oxygen atoms in total. The maximum absolute atomic E-state index is 13.1. The standard InChI is InChI=1S/C11H14BrFN2O/c1-14-6-3-7-15-11(16)8-4-2-5-9(13)10(8)12/h2,4-5,14H,3,6-7H2,1H3,(H,15,16). The first kappa shape index (κ1) is 13.1. The van der Waals surface area contributed by atoms with Gasteiger partial charge in [-0.15, -0.1) is 0 Å². The minimum atomic E-state index is -0.428. The second-order valence-corrected chi connectivity index (χ2v) is 4.11. The average molecular weight is 289 g/mol. The van der Waals surface area contributed by atoms with Crippen molar-refractivity contribution in [1.82, 2.24) is 10.6 Å². The predicted molar refractivity (Wildman–Crippen MR) is 65.0 cm³/mol. The van der Waals surface area contributed by atoms with Crippen molar-refractivity contribution in [2.75, 3.05) is 20.1 Å². The van der Waals surface area contributed by atoms with Gasteiger partial charge in [0.15, 0.2) is 0 Å². The molecule has 1 rings (SSSR count). The maximum atomic E-state index is 13.1. The van der Waals surface area contributed by atoms with E-state index in [2.05, 4.69) is 26.6 Å². The molecule has 0 aliphatic carbocycles. The summed E-state index contributed by atoms with van der Waals surface area (Å²) < 4.78 is 13.4. The van der Waals surface area contributed by atoms with E-state index in [0.29, 0.717) is 12.1 Å². The Morgan fingerprint density at radius 2 is 2.19 bits per heavy atom. The summed E-state index contributed by atoms with van der Waals surface area (Å²) in [7, 11) is 1.85. The minimum Gasteiger partial charge on any atom is -0.352 e. The Labute approximate surface area is 103 Å². The molecule has 0 radical (unpaired) electrons. The van der Waals surface area contributed by atoms with Gasteiger partial charge < -0.3 is 10.6 Å². The van der Waals surface area contributed by atoms with E-state index in [0.717, 1.165) is 13.0 Å². The maximum Gasteiger partial charge on any atom is 0.252 e. The van der Waals surface area contributed by atoms with Crippen molar-refractivity contribution >= 4 is 21.8 Å². The van der Waals surface area contributed by atoms with Crippen LogP contribution in [0, 0.1) is 5.82 Å². The first-order chi connectivity index (χ1) is 7.66. The highest BCUT2D eigenvalue weighted by atomic mass is 79.9. The Hall–Kier alpha value is -0.940. The van der Waals surface area contributed by atoms with E-state index in [1.54, 1.807) is 6.07 Å². The summed E-state index contributed by atoms with van der Waals surface area (Å²) in [5, 5.41) is 5.71. The number of rotatable bonds is 5. The van der Waals surface area contributed by atoms with E-state index in [1.165, 1.54) is 12.1 Å². The number of carbonyl (C=O) groups is 1. The van der Waals surface area contributed by atoms with Crippen LogP contribution in [0.4, 0.5) is 4.39 Å². The van der Waals surface area contributed by atoms with Crippen molar-refractivity contribution in [2.24, 2.45) is 0 Å². The van der Waals surface area contributed by atoms with Crippen LogP contribution in [0.25, 0.3) is 0 Å². The van der Waals surface area contributed by atoms with Crippen molar-refractivity contribution in [3.8, 4) is 0 Å². The smallest absolute Gasteiger partial charge is 0.252 e. The molecule has 0 atom stereocenters. The topological polar surface area (TPSA) is 41.1 Å². The second-order valence-electron chi connectivity index (χ2n) is 3.31. The number of carbonyl (C=O) groups excluding carboxylic acids is 1. The zero-order chi connectivity index (χ0) is 12.0. The Morgan fingerprint density at radius 3 is 2.88 bits per heavy atom. The van der Waals surface area contributed by atoms with Gasteiger partial charge in [-0.1, -0.05) is 6.07 Å². The van der Waals surface area contributed by atoms with Gasteiger partial charge in [0.25, 0.3) is 5.91 Å². The largest absolute Gasteiger partial charge is 0.352 e. The highest BCUT2D eigenvalue weighted by Crippen LogP contribution is 2.19. The summed E-state index contributed by atoms with van der Waals surface area (Å²) in [5.74, 6) is -0.689. The third-order valence-electron chi connectivity index (χ3n) is 2.09.